The van der Waals surface area contributed by atoms with Gasteiger partial charge in [-0.1, -0.05) is 42.5 Å². The highest BCUT2D eigenvalue weighted by molar-refractivity contribution is 5.90. The standard InChI is InChI=1S/C18H19NO2/c1-19(2)12-11-16(20)18-15-9-4-3-7-13(15)14-8-5-6-10-17(14)21-18/h3-10,18H,11-12H2,1-2H3. The van der Waals surface area contributed by atoms with Crippen molar-refractivity contribution >= 4 is 5.78 Å². The molecule has 3 nitrogen and oxygen atoms in total. The van der Waals surface area contributed by atoms with Crippen molar-refractivity contribution in [3.63, 3.8) is 0 Å². The summed E-state index contributed by atoms with van der Waals surface area (Å²) in [6.45, 7) is 0.739. The Morgan fingerprint density at radius 3 is 2.48 bits per heavy atom. The van der Waals surface area contributed by atoms with Crippen LogP contribution in [-0.4, -0.2) is 31.3 Å². The number of rotatable bonds is 4. The first-order valence-corrected chi connectivity index (χ1v) is 7.19. The van der Waals surface area contributed by atoms with Crippen LogP contribution in [0.2, 0.25) is 0 Å². The molecule has 108 valence electrons. The second-order valence-electron chi connectivity index (χ2n) is 5.60. The third kappa shape index (κ3) is 2.69. The molecule has 0 radical (unpaired) electrons. The Morgan fingerprint density at radius 2 is 1.71 bits per heavy atom. The largest absolute Gasteiger partial charge is 0.477 e. The molecule has 1 aliphatic rings. The first-order valence-electron chi connectivity index (χ1n) is 7.19. The zero-order valence-electron chi connectivity index (χ0n) is 12.4. The molecule has 0 bridgehead atoms. The second kappa shape index (κ2) is 5.70. The van der Waals surface area contributed by atoms with Crippen LogP contribution in [0.15, 0.2) is 48.5 Å². The van der Waals surface area contributed by atoms with Gasteiger partial charge in [-0.2, -0.15) is 0 Å². The van der Waals surface area contributed by atoms with Gasteiger partial charge in [-0.25, -0.2) is 0 Å². The van der Waals surface area contributed by atoms with E-state index in [1.807, 2.05) is 61.5 Å². The molecule has 2 aromatic rings. The minimum Gasteiger partial charge on any atom is -0.477 e. The molecule has 0 fully saturated rings. The predicted molar refractivity (Wildman–Crippen MR) is 83.4 cm³/mol. The zero-order chi connectivity index (χ0) is 14.8. The van der Waals surface area contributed by atoms with Crippen LogP contribution in [0.25, 0.3) is 11.1 Å². The molecule has 0 amide bonds. The number of ketones is 1. The maximum atomic E-state index is 12.5. The number of nitrogens with zero attached hydrogens (tertiary/aromatic N) is 1. The molecule has 3 heteroatoms. The number of hydrogen-bond acceptors (Lipinski definition) is 3. The Balaban J connectivity index is 1.96. The van der Waals surface area contributed by atoms with Gasteiger partial charge >= 0.3 is 0 Å². The van der Waals surface area contributed by atoms with Crippen molar-refractivity contribution in [3.05, 3.63) is 54.1 Å². The molecule has 1 atom stereocenters. The number of ether oxygens (including phenoxy) is 1. The van der Waals surface area contributed by atoms with E-state index in [0.29, 0.717) is 6.42 Å². The van der Waals surface area contributed by atoms with E-state index in [-0.39, 0.29) is 5.78 Å². The van der Waals surface area contributed by atoms with Crippen molar-refractivity contribution < 1.29 is 9.53 Å². The van der Waals surface area contributed by atoms with Crippen LogP contribution in [0.1, 0.15) is 18.1 Å². The summed E-state index contributed by atoms with van der Waals surface area (Å²) >= 11 is 0. The van der Waals surface area contributed by atoms with E-state index in [2.05, 4.69) is 6.07 Å². The smallest absolute Gasteiger partial charge is 0.182 e. The number of fused-ring (bicyclic) bond motifs is 3. The van der Waals surface area contributed by atoms with Gasteiger partial charge in [-0.3, -0.25) is 4.79 Å². The molecule has 1 unspecified atom stereocenters. The first-order chi connectivity index (χ1) is 10.2. The van der Waals surface area contributed by atoms with Crippen LogP contribution in [0.5, 0.6) is 5.75 Å². The van der Waals surface area contributed by atoms with Gasteiger partial charge in [0.15, 0.2) is 11.9 Å². The van der Waals surface area contributed by atoms with Crippen molar-refractivity contribution in [1.29, 1.82) is 0 Å². The maximum Gasteiger partial charge on any atom is 0.182 e. The van der Waals surface area contributed by atoms with E-state index in [9.17, 15) is 4.79 Å². The van der Waals surface area contributed by atoms with E-state index < -0.39 is 6.10 Å². The summed E-state index contributed by atoms with van der Waals surface area (Å²) in [5.74, 6) is 0.921. The number of carbonyl (C=O) groups is 1. The van der Waals surface area contributed by atoms with Crippen LogP contribution in [-0.2, 0) is 4.79 Å². The fraction of sp³-hybridized carbons (Fsp3) is 0.278. The predicted octanol–water partition coefficient (Wildman–Crippen LogP) is 3.31. The molecule has 0 spiro atoms. The monoisotopic (exact) mass is 281 g/mol. The Kier molecular flexibility index (Phi) is 3.76. The van der Waals surface area contributed by atoms with Crippen molar-refractivity contribution in [3.8, 4) is 16.9 Å². The van der Waals surface area contributed by atoms with Crippen LogP contribution >= 0.6 is 0 Å². The lowest BCUT2D eigenvalue weighted by Crippen LogP contribution is -2.26. The number of para-hydroxylation sites is 1. The van der Waals surface area contributed by atoms with Crippen molar-refractivity contribution in [2.45, 2.75) is 12.5 Å². The summed E-state index contributed by atoms with van der Waals surface area (Å²) in [5, 5.41) is 0. The SMILES string of the molecule is CN(C)CCC(=O)C1Oc2ccccc2-c2ccccc21. The number of benzene rings is 2. The summed E-state index contributed by atoms with van der Waals surface area (Å²) < 4.78 is 5.98. The fourth-order valence-corrected chi connectivity index (χ4v) is 2.66. The molecule has 0 saturated heterocycles. The van der Waals surface area contributed by atoms with Gasteiger partial charge < -0.3 is 9.64 Å². The average Bonchev–Trinajstić information content (AvgIpc) is 2.51. The third-order valence-corrected chi connectivity index (χ3v) is 3.76. The first kappa shape index (κ1) is 13.8. The quantitative estimate of drug-likeness (QED) is 0.861. The minimum absolute atomic E-state index is 0.130. The summed E-state index contributed by atoms with van der Waals surface area (Å²) in [7, 11) is 3.94. The highest BCUT2D eigenvalue weighted by atomic mass is 16.5. The van der Waals surface area contributed by atoms with E-state index in [4.69, 9.17) is 4.74 Å². The Bertz CT molecular complexity index is 664. The Labute approximate surface area is 125 Å². The van der Waals surface area contributed by atoms with Gasteiger partial charge in [0.2, 0.25) is 0 Å². The normalized spacial score (nSPS) is 16.0. The lowest BCUT2D eigenvalue weighted by Gasteiger charge is -2.28. The molecule has 0 saturated carbocycles. The summed E-state index contributed by atoms with van der Waals surface area (Å²) in [4.78, 5) is 14.5. The topological polar surface area (TPSA) is 29.5 Å². The molecule has 3 rings (SSSR count). The molecule has 1 aliphatic heterocycles. The molecule has 2 aromatic carbocycles. The van der Waals surface area contributed by atoms with Gasteiger partial charge in [-0.15, -0.1) is 0 Å². The lowest BCUT2D eigenvalue weighted by molar-refractivity contribution is -0.126. The van der Waals surface area contributed by atoms with E-state index >= 15 is 0 Å². The Hall–Kier alpha value is -2.13. The van der Waals surface area contributed by atoms with Crippen LogP contribution in [0.4, 0.5) is 0 Å². The number of Topliss-reactive ketones (excluding diaryl/α,β-unsaturated/α-hetero) is 1. The molecule has 0 aromatic heterocycles. The Morgan fingerprint density at radius 1 is 1.05 bits per heavy atom. The van der Waals surface area contributed by atoms with Crippen molar-refractivity contribution in [2.24, 2.45) is 0 Å². The van der Waals surface area contributed by atoms with Crippen LogP contribution in [0.3, 0.4) is 0 Å². The van der Waals surface area contributed by atoms with Gasteiger partial charge in [0, 0.05) is 24.1 Å². The van der Waals surface area contributed by atoms with Gasteiger partial charge in [0.05, 0.1) is 0 Å². The maximum absolute atomic E-state index is 12.5. The molecule has 0 N–H and O–H groups in total. The third-order valence-electron chi connectivity index (χ3n) is 3.76. The average molecular weight is 281 g/mol. The second-order valence-corrected chi connectivity index (χ2v) is 5.60. The van der Waals surface area contributed by atoms with Crippen LogP contribution < -0.4 is 4.74 Å². The highest BCUT2D eigenvalue weighted by Crippen LogP contribution is 2.42. The summed E-state index contributed by atoms with van der Waals surface area (Å²) in [5.41, 5.74) is 3.13. The summed E-state index contributed by atoms with van der Waals surface area (Å²) in [6.07, 6.45) is 0.00445. The molecule has 1 heterocycles. The lowest BCUT2D eigenvalue weighted by atomic mass is 9.90. The highest BCUT2D eigenvalue weighted by Gasteiger charge is 2.30. The molecule has 0 aliphatic carbocycles. The zero-order valence-corrected chi connectivity index (χ0v) is 12.4. The number of hydrogen-bond donors (Lipinski definition) is 0. The minimum atomic E-state index is -0.490. The van der Waals surface area contributed by atoms with E-state index in [1.165, 1.54) is 0 Å². The van der Waals surface area contributed by atoms with Crippen molar-refractivity contribution in [1.82, 2.24) is 4.90 Å². The van der Waals surface area contributed by atoms with Crippen LogP contribution in [0, 0.1) is 0 Å². The molecule has 21 heavy (non-hydrogen) atoms. The van der Waals surface area contributed by atoms with Gasteiger partial charge in [0.1, 0.15) is 5.75 Å². The van der Waals surface area contributed by atoms with E-state index in [0.717, 1.165) is 29.0 Å². The van der Waals surface area contributed by atoms with Crippen molar-refractivity contribution in [2.75, 3.05) is 20.6 Å². The van der Waals surface area contributed by atoms with Gasteiger partial charge in [-0.05, 0) is 25.7 Å². The molecular formula is C18H19NO2. The molecular weight excluding hydrogens is 262 g/mol. The number of carbonyl (C=O) groups excluding carboxylic acids is 1. The summed E-state index contributed by atoms with van der Waals surface area (Å²) in [6, 6.07) is 15.9. The van der Waals surface area contributed by atoms with E-state index in [1.54, 1.807) is 0 Å². The fourth-order valence-electron chi connectivity index (χ4n) is 2.66. The van der Waals surface area contributed by atoms with Gasteiger partial charge in [0.25, 0.3) is 0 Å².